The lowest BCUT2D eigenvalue weighted by Crippen LogP contribution is -2.39. The van der Waals surface area contributed by atoms with Crippen molar-refractivity contribution in [1.82, 2.24) is 5.32 Å². The van der Waals surface area contributed by atoms with E-state index in [9.17, 15) is 5.11 Å². The first kappa shape index (κ1) is 13.9. The van der Waals surface area contributed by atoms with E-state index >= 15 is 0 Å². The highest BCUT2D eigenvalue weighted by atomic mass is 16.5. The zero-order valence-electron chi connectivity index (χ0n) is 11.0. The van der Waals surface area contributed by atoms with E-state index in [0.29, 0.717) is 18.6 Å². The molecule has 1 aliphatic rings. The first-order valence-electron chi connectivity index (χ1n) is 6.54. The molecule has 1 rings (SSSR count). The first-order valence-corrected chi connectivity index (χ1v) is 6.54. The zero-order valence-corrected chi connectivity index (χ0v) is 11.0. The fourth-order valence-corrected chi connectivity index (χ4v) is 2.06. The molecule has 2 unspecified atom stereocenters. The van der Waals surface area contributed by atoms with Gasteiger partial charge >= 0.3 is 0 Å². The average molecular weight is 229 g/mol. The Balaban J connectivity index is 2.12. The Morgan fingerprint density at radius 3 is 2.81 bits per heavy atom. The van der Waals surface area contributed by atoms with Crippen molar-refractivity contribution in [2.75, 3.05) is 19.7 Å². The van der Waals surface area contributed by atoms with Crippen molar-refractivity contribution >= 4 is 0 Å². The van der Waals surface area contributed by atoms with E-state index in [1.165, 1.54) is 6.42 Å². The number of ether oxygens (including phenoxy) is 1. The van der Waals surface area contributed by atoms with Crippen LogP contribution in [0.4, 0.5) is 0 Å². The minimum absolute atomic E-state index is 0.386. The SMILES string of the molecule is CC(C)CNCC(C)(O)CCC1CCCO1. The third kappa shape index (κ3) is 5.83. The third-order valence-electron chi connectivity index (χ3n) is 3.09. The van der Waals surface area contributed by atoms with Crippen LogP contribution in [-0.2, 0) is 4.74 Å². The minimum Gasteiger partial charge on any atom is -0.389 e. The Labute approximate surface area is 99.6 Å². The molecule has 0 aromatic rings. The fourth-order valence-electron chi connectivity index (χ4n) is 2.06. The van der Waals surface area contributed by atoms with Crippen LogP contribution in [0.2, 0.25) is 0 Å². The molecule has 1 aliphatic heterocycles. The molecule has 0 aliphatic carbocycles. The molecule has 0 bridgehead atoms. The van der Waals surface area contributed by atoms with Gasteiger partial charge in [-0.25, -0.2) is 0 Å². The van der Waals surface area contributed by atoms with E-state index in [4.69, 9.17) is 4.74 Å². The second-order valence-corrected chi connectivity index (χ2v) is 5.70. The van der Waals surface area contributed by atoms with Gasteiger partial charge in [-0.2, -0.15) is 0 Å². The second kappa shape index (κ2) is 6.58. The van der Waals surface area contributed by atoms with Crippen LogP contribution >= 0.6 is 0 Å². The lowest BCUT2D eigenvalue weighted by atomic mass is 9.97. The molecule has 1 heterocycles. The Morgan fingerprint density at radius 1 is 1.50 bits per heavy atom. The summed E-state index contributed by atoms with van der Waals surface area (Å²) in [5.41, 5.74) is -0.596. The average Bonchev–Trinajstić information content (AvgIpc) is 2.66. The summed E-state index contributed by atoms with van der Waals surface area (Å²) in [5.74, 6) is 0.633. The Hall–Kier alpha value is -0.120. The van der Waals surface area contributed by atoms with Crippen LogP contribution in [0, 0.1) is 5.92 Å². The summed E-state index contributed by atoms with van der Waals surface area (Å²) in [7, 11) is 0. The van der Waals surface area contributed by atoms with Crippen LogP contribution in [0.15, 0.2) is 0 Å². The number of hydrogen-bond donors (Lipinski definition) is 2. The molecule has 96 valence electrons. The van der Waals surface area contributed by atoms with E-state index < -0.39 is 5.60 Å². The number of hydrogen-bond acceptors (Lipinski definition) is 3. The van der Waals surface area contributed by atoms with Gasteiger partial charge in [0.05, 0.1) is 11.7 Å². The maximum Gasteiger partial charge on any atom is 0.0744 e. The first-order chi connectivity index (χ1) is 7.49. The molecule has 2 atom stereocenters. The quantitative estimate of drug-likeness (QED) is 0.701. The monoisotopic (exact) mass is 229 g/mol. The fraction of sp³-hybridized carbons (Fsp3) is 1.00. The molecule has 3 heteroatoms. The summed E-state index contributed by atoms with van der Waals surface area (Å²) in [6.07, 6.45) is 4.53. The number of aliphatic hydroxyl groups is 1. The molecule has 0 aromatic heterocycles. The summed E-state index contributed by atoms with van der Waals surface area (Å²) in [6.45, 7) is 8.81. The summed E-state index contributed by atoms with van der Waals surface area (Å²) in [6, 6.07) is 0. The molecule has 1 saturated heterocycles. The molecule has 0 amide bonds. The zero-order chi connectivity index (χ0) is 12.0. The lowest BCUT2D eigenvalue weighted by Gasteiger charge is -2.25. The second-order valence-electron chi connectivity index (χ2n) is 5.70. The van der Waals surface area contributed by atoms with Crippen molar-refractivity contribution in [2.45, 2.75) is 58.2 Å². The van der Waals surface area contributed by atoms with Gasteiger partial charge in [0.25, 0.3) is 0 Å². The molecule has 3 nitrogen and oxygen atoms in total. The van der Waals surface area contributed by atoms with Crippen LogP contribution in [0.25, 0.3) is 0 Å². The van der Waals surface area contributed by atoms with Gasteiger partial charge in [0, 0.05) is 13.2 Å². The highest BCUT2D eigenvalue weighted by Gasteiger charge is 2.23. The van der Waals surface area contributed by atoms with Crippen LogP contribution < -0.4 is 5.32 Å². The van der Waals surface area contributed by atoms with Crippen LogP contribution in [0.3, 0.4) is 0 Å². The molecule has 0 saturated carbocycles. The number of nitrogens with one attached hydrogen (secondary N) is 1. The smallest absolute Gasteiger partial charge is 0.0744 e. The summed E-state index contributed by atoms with van der Waals surface area (Å²) in [5, 5.41) is 13.5. The number of rotatable bonds is 7. The predicted molar refractivity (Wildman–Crippen MR) is 66.5 cm³/mol. The standard InChI is InChI=1S/C13H27NO2/c1-11(2)9-14-10-13(3,15)7-6-12-5-4-8-16-12/h11-12,14-15H,4-10H2,1-3H3. The molecular formula is C13H27NO2. The van der Waals surface area contributed by atoms with E-state index in [0.717, 1.165) is 32.4 Å². The van der Waals surface area contributed by atoms with Crippen molar-refractivity contribution < 1.29 is 9.84 Å². The summed E-state index contributed by atoms with van der Waals surface area (Å²) < 4.78 is 5.56. The minimum atomic E-state index is -0.596. The van der Waals surface area contributed by atoms with Gasteiger partial charge in [0.1, 0.15) is 0 Å². The molecular weight excluding hydrogens is 202 g/mol. The van der Waals surface area contributed by atoms with Crippen LogP contribution in [-0.4, -0.2) is 36.5 Å². The van der Waals surface area contributed by atoms with E-state index in [1.54, 1.807) is 0 Å². The Morgan fingerprint density at radius 2 is 2.25 bits per heavy atom. The van der Waals surface area contributed by atoms with Crippen LogP contribution in [0.1, 0.15) is 46.5 Å². The normalized spacial score (nSPS) is 24.9. The molecule has 16 heavy (non-hydrogen) atoms. The van der Waals surface area contributed by atoms with Gasteiger partial charge < -0.3 is 15.2 Å². The highest BCUT2D eigenvalue weighted by Crippen LogP contribution is 2.21. The lowest BCUT2D eigenvalue weighted by molar-refractivity contribution is 0.0252. The van der Waals surface area contributed by atoms with E-state index in [2.05, 4.69) is 19.2 Å². The summed E-state index contributed by atoms with van der Waals surface area (Å²) in [4.78, 5) is 0. The van der Waals surface area contributed by atoms with Crippen molar-refractivity contribution in [3.63, 3.8) is 0 Å². The summed E-state index contributed by atoms with van der Waals surface area (Å²) >= 11 is 0. The van der Waals surface area contributed by atoms with Gasteiger partial charge in [-0.05, 0) is 45.1 Å². The molecule has 0 aromatic carbocycles. The maximum absolute atomic E-state index is 10.2. The third-order valence-corrected chi connectivity index (χ3v) is 3.09. The van der Waals surface area contributed by atoms with E-state index in [-0.39, 0.29) is 0 Å². The van der Waals surface area contributed by atoms with Crippen molar-refractivity contribution in [3.8, 4) is 0 Å². The highest BCUT2D eigenvalue weighted by molar-refractivity contribution is 4.78. The topological polar surface area (TPSA) is 41.5 Å². The molecule has 0 spiro atoms. The maximum atomic E-state index is 10.2. The predicted octanol–water partition coefficient (Wildman–Crippen LogP) is 1.94. The van der Waals surface area contributed by atoms with Gasteiger partial charge in [0.2, 0.25) is 0 Å². The molecule has 1 fully saturated rings. The van der Waals surface area contributed by atoms with Gasteiger partial charge in [-0.3, -0.25) is 0 Å². The van der Waals surface area contributed by atoms with Crippen molar-refractivity contribution in [3.05, 3.63) is 0 Å². The Kier molecular flexibility index (Phi) is 5.73. The van der Waals surface area contributed by atoms with Gasteiger partial charge in [-0.15, -0.1) is 0 Å². The van der Waals surface area contributed by atoms with E-state index in [1.807, 2.05) is 6.92 Å². The van der Waals surface area contributed by atoms with Crippen molar-refractivity contribution in [2.24, 2.45) is 5.92 Å². The molecule has 2 N–H and O–H groups in total. The van der Waals surface area contributed by atoms with Crippen molar-refractivity contribution in [1.29, 1.82) is 0 Å². The molecule has 0 radical (unpaired) electrons. The van der Waals surface area contributed by atoms with Gasteiger partial charge in [-0.1, -0.05) is 13.8 Å². The van der Waals surface area contributed by atoms with Gasteiger partial charge in [0.15, 0.2) is 0 Å². The Bertz CT molecular complexity index is 186. The van der Waals surface area contributed by atoms with Crippen LogP contribution in [0.5, 0.6) is 0 Å². The largest absolute Gasteiger partial charge is 0.389 e.